The van der Waals surface area contributed by atoms with Crippen LogP contribution >= 0.6 is 0 Å². The van der Waals surface area contributed by atoms with Crippen molar-refractivity contribution >= 4 is 47.7 Å². The molecule has 62 heavy (non-hydrogen) atoms. The molecule has 0 spiro atoms. The molecule has 3 aliphatic rings. The molecule has 346 valence electrons. The molecule has 0 saturated carbocycles. The molecule has 0 aromatic heterocycles. The first kappa shape index (κ1) is 54.4. The molecule has 15 nitrogen and oxygen atoms in total. The molecule has 7 amide bonds. The van der Waals surface area contributed by atoms with Crippen molar-refractivity contribution in [3.63, 3.8) is 0 Å². The largest absolute Gasteiger partial charge is 0.464 e. The van der Waals surface area contributed by atoms with Gasteiger partial charge < -0.3 is 41.1 Å². The van der Waals surface area contributed by atoms with Crippen molar-refractivity contribution in [3.8, 4) is 0 Å². The summed E-state index contributed by atoms with van der Waals surface area (Å²) < 4.78 is 29.6. The maximum Gasteiger partial charge on any atom is 0.328 e. The molecule has 3 unspecified atom stereocenters. The summed E-state index contributed by atoms with van der Waals surface area (Å²) in [5.74, 6) is -2.66. The number of anilines is 1. The van der Waals surface area contributed by atoms with Crippen molar-refractivity contribution in [2.75, 3.05) is 38.1 Å². The number of piperidine rings is 1. The SMILES string of the molecule is CC.CC.CC(C)NC(=O)C1CCCCN1C(=O)C1CCCN1C(=O)CCOC(=O)C1CCCN1C=O.CCc1ccc(NC(=O)NCC(N)=O)cc1.Cc1cc(F)cc(F)c1. The van der Waals surface area contributed by atoms with Crippen LogP contribution in [0, 0.1) is 18.6 Å². The van der Waals surface area contributed by atoms with Gasteiger partial charge in [-0.3, -0.25) is 24.0 Å². The van der Waals surface area contributed by atoms with E-state index in [1.807, 2.05) is 65.8 Å². The Kier molecular flexibility index (Phi) is 26.0. The van der Waals surface area contributed by atoms with Crippen LogP contribution in [0.15, 0.2) is 42.5 Å². The van der Waals surface area contributed by atoms with E-state index >= 15 is 0 Å². The highest BCUT2D eigenvalue weighted by molar-refractivity contribution is 5.93. The number of nitrogens with zero attached hydrogens (tertiary/aromatic N) is 3. The van der Waals surface area contributed by atoms with Gasteiger partial charge in [-0.1, -0.05) is 46.8 Å². The van der Waals surface area contributed by atoms with Crippen LogP contribution in [0.25, 0.3) is 0 Å². The number of carbonyl (C=O) groups is 7. The van der Waals surface area contributed by atoms with Crippen molar-refractivity contribution in [1.29, 1.82) is 0 Å². The van der Waals surface area contributed by atoms with Gasteiger partial charge in [-0.25, -0.2) is 18.4 Å². The van der Waals surface area contributed by atoms with Crippen molar-refractivity contribution in [2.24, 2.45) is 5.73 Å². The molecular formula is C45H69F2N7O8. The predicted octanol–water partition coefficient (Wildman–Crippen LogP) is 5.62. The van der Waals surface area contributed by atoms with Gasteiger partial charge in [0.25, 0.3) is 0 Å². The van der Waals surface area contributed by atoms with Gasteiger partial charge in [0.1, 0.15) is 36.4 Å². The minimum Gasteiger partial charge on any atom is -0.464 e. The van der Waals surface area contributed by atoms with E-state index in [1.165, 1.54) is 22.6 Å². The Balaban J connectivity index is 0.000000545. The number of carbonyl (C=O) groups excluding carboxylic acids is 7. The van der Waals surface area contributed by atoms with Gasteiger partial charge in [0.15, 0.2) is 0 Å². The van der Waals surface area contributed by atoms with Gasteiger partial charge >= 0.3 is 12.0 Å². The minimum atomic E-state index is -0.582. The van der Waals surface area contributed by atoms with Gasteiger partial charge in [0.2, 0.25) is 30.0 Å². The quantitative estimate of drug-likeness (QED) is 0.156. The molecule has 3 atom stereocenters. The molecule has 5 rings (SSSR count). The van der Waals surface area contributed by atoms with Gasteiger partial charge in [-0.2, -0.15) is 0 Å². The maximum absolute atomic E-state index is 13.4. The summed E-state index contributed by atoms with van der Waals surface area (Å²) in [5.41, 5.74) is 7.37. The van der Waals surface area contributed by atoms with Crippen molar-refractivity contribution in [3.05, 3.63) is 65.2 Å². The zero-order valence-corrected chi connectivity index (χ0v) is 37.8. The number of amides is 7. The average Bonchev–Trinajstić information content (AvgIpc) is 3.95. The first-order chi connectivity index (χ1) is 29.6. The summed E-state index contributed by atoms with van der Waals surface area (Å²) in [7, 11) is 0. The standard InChI is InChI=1S/C23H36N4O6.C11H15N3O2.C7H6F2.2C2H6/c1-16(2)24-21(30)17-7-3-4-12-27(17)22(31)18-8-6-13-26(18)20(29)10-14-33-23(32)19-9-5-11-25(19)15-28;1-2-8-3-5-9(6-4-8)14-11(16)13-7-10(12)15;1-5-2-6(8)4-7(9)3-5;2*1-2/h15-19H,3-14H2,1-2H3,(H,24,30);3-6H,2,7H2,1H3,(H2,12,15)(H2,13,14,16);2-4H,1H3;2*1-2H3. The lowest BCUT2D eigenvalue weighted by molar-refractivity contribution is -0.153. The molecular weight excluding hydrogens is 805 g/mol. The van der Waals surface area contributed by atoms with E-state index in [-0.39, 0.29) is 43.3 Å². The van der Waals surface area contributed by atoms with E-state index in [4.69, 9.17) is 10.5 Å². The lowest BCUT2D eigenvalue weighted by atomic mass is 9.99. The monoisotopic (exact) mass is 874 g/mol. The second kappa shape index (κ2) is 29.6. The number of aryl methyl sites for hydroxylation is 2. The maximum atomic E-state index is 13.4. The summed E-state index contributed by atoms with van der Waals surface area (Å²) in [6.07, 6.45) is 6.55. The van der Waals surface area contributed by atoms with Crippen LogP contribution in [0.4, 0.5) is 19.3 Å². The fourth-order valence-corrected chi connectivity index (χ4v) is 6.87. The number of ether oxygens (including phenoxy) is 1. The van der Waals surface area contributed by atoms with E-state index in [2.05, 4.69) is 22.9 Å². The normalized spacial score (nSPS) is 17.5. The number of primary amides is 1. The first-order valence-corrected chi connectivity index (χ1v) is 21.8. The van der Waals surface area contributed by atoms with Crippen LogP contribution in [0.2, 0.25) is 0 Å². The lowest BCUT2D eigenvalue weighted by Crippen LogP contribution is -2.57. The molecule has 0 aliphatic carbocycles. The highest BCUT2D eigenvalue weighted by atomic mass is 19.1. The summed E-state index contributed by atoms with van der Waals surface area (Å²) in [4.78, 5) is 88.4. The number of hydrogen-bond donors (Lipinski definition) is 4. The second-order valence-electron chi connectivity index (χ2n) is 14.6. The van der Waals surface area contributed by atoms with E-state index in [9.17, 15) is 42.3 Å². The topological polar surface area (TPSA) is 201 Å². The molecule has 2 aromatic carbocycles. The minimum absolute atomic E-state index is 0.00788. The molecule has 3 aliphatic heterocycles. The van der Waals surface area contributed by atoms with E-state index in [0.29, 0.717) is 56.6 Å². The average molecular weight is 874 g/mol. The Labute approximate surface area is 365 Å². The first-order valence-electron chi connectivity index (χ1n) is 21.8. The highest BCUT2D eigenvalue weighted by Crippen LogP contribution is 2.25. The van der Waals surface area contributed by atoms with Crippen molar-refractivity contribution < 1.29 is 47.1 Å². The molecule has 3 heterocycles. The third kappa shape index (κ3) is 19.0. The number of nitrogens with two attached hydrogens (primary N) is 1. The summed E-state index contributed by atoms with van der Waals surface area (Å²) in [6, 6.07) is 8.79. The van der Waals surface area contributed by atoms with Crippen LogP contribution in [0.3, 0.4) is 0 Å². The number of benzene rings is 2. The fourth-order valence-electron chi connectivity index (χ4n) is 6.87. The molecule has 3 saturated heterocycles. The number of nitrogens with one attached hydrogen (secondary N) is 3. The Morgan fingerprint density at radius 3 is 1.97 bits per heavy atom. The number of rotatable bonds is 12. The predicted molar refractivity (Wildman–Crippen MR) is 235 cm³/mol. The second-order valence-corrected chi connectivity index (χ2v) is 14.6. The Hall–Kier alpha value is -5.61. The summed E-state index contributed by atoms with van der Waals surface area (Å²) in [6.45, 7) is 16.8. The molecule has 0 bridgehead atoms. The zero-order valence-electron chi connectivity index (χ0n) is 37.8. The number of esters is 1. The lowest BCUT2D eigenvalue weighted by Gasteiger charge is -2.38. The molecule has 2 aromatic rings. The smallest absolute Gasteiger partial charge is 0.328 e. The number of halogens is 2. The zero-order chi connectivity index (χ0) is 46.8. The Morgan fingerprint density at radius 1 is 0.823 bits per heavy atom. The molecule has 0 radical (unpaired) electrons. The fraction of sp³-hybridized carbons (Fsp3) is 0.578. The van der Waals surface area contributed by atoms with E-state index in [0.717, 1.165) is 38.2 Å². The number of likely N-dealkylation sites (tertiary alicyclic amines) is 3. The van der Waals surface area contributed by atoms with Crippen LogP contribution in [-0.2, 0) is 39.9 Å². The van der Waals surface area contributed by atoms with Gasteiger partial charge in [-0.15, -0.1) is 0 Å². The molecule has 5 N–H and O–H groups in total. The third-order valence-corrected chi connectivity index (χ3v) is 9.69. The number of hydrogen-bond acceptors (Lipinski definition) is 8. The Morgan fingerprint density at radius 2 is 1.40 bits per heavy atom. The summed E-state index contributed by atoms with van der Waals surface area (Å²) >= 11 is 0. The molecule has 17 heteroatoms. The third-order valence-electron chi connectivity index (χ3n) is 9.69. The molecule has 3 fully saturated rings. The summed E-state index contributed by atoms with van der Waals surface area (Å²) in [5, 5.41) is 7.83. The van der Waals surface area contributed by atoms with E-state index < -0.39 is 47.7 Å². The highest BCUT2D eigenvalue weighted by Gasteiger charge is 2.41. The van der Waals surface area contributed by atoms with Crippen LogP contribution in [-0.4, -0.2) is 114 Å². The number of urea groups is 1. The van der Waals surface area contributed by atoms with Gasteiger partial charge in [0.05, 0.1) is 13.0 Å². The van der Waals surface area contributed by atoms with Gasteiger partial charge in [0, 0.05) is 37.4 Å². The van der Waals surface area contributed by atoms with Crippen LogP contribution in [0.5, 0.6) is 0 Å². The van der Waals surface area contributed by atoms with E-state index in [1.54, 1.807) is 16.7 Å². The Bertz CT molecular complexity index is 1680. The van der Waals surface area contributed by atoms with Crippen molar-refractivity contribution in [1.82, 2.24) is 25.3 Å². The van der Waals surface area contributed by atoms with Crippen molar-refractivity contribution in [2.45, 2.75) is 137 Å². The van der Waals surface area contributed by atoms with Crippen LogP contribution in [0.1, 0.15) is 111 Å². The van der Waals surface area contributed by atoms with Crippen LogP contribution < -0.4 is 21.7 Å². The van der Waals surface area contributed by atoms with Gasteiger partial charge in [-0.05, 0) is 108 Å².